The molecule has 2 rings (SSSR count). The van der Waals surface area contributed by atoms with Crippen molar-refractivity contribution in [2.45, 2.75) is 19.9 Å². The van der Waals surface area contributed by atoms with Crippen LogP contribution in [0.3, 0.4) is 0 Å². The van der Waals surface area contributed by atoms with Gasteiger partial charge in [-0.25, -0.2) is 4.98 Å². The van der Waals surface area contributed by atoms with Crippen LogP contribution in [0.2, 0.25) is 0 Å². The molecular formula is C13H15N3O2S. The Balaban J connectivity index is 2.23. The minimum absolute atomic E-state index is 0.367. The van der Waals surface area contributed by atoms with Gasteiger partial charge in [-0.05, 0) is 25.0 Å². The molecule has 0 aliphatic heterocycles. The number of aromatic nitrogens is 1. The summed E-state index contributed by atoms with van der Waals surface area (Å²) in [7, 11) is 0. The number of nitrogens with one attached hydrogen (secondary N) is 1. The Morgan fingerprint density at radius 1 is 1.42 bits per heavy atom. The molecule has 6 heteroatoms. The van der Waals surface area contributed by atoms with Gasteiger partial charge in [0, 0.05) is 11.1 Å². The van der Waals surface area contributed by atoms with Crippen LogP contribution in [0.1, 0.15) is 22.9 Å². The molecule has 0 bridgehead atoms. The third-order valence-electron chi connectivity index (χ3n) is 2.82. The number of hydrogen-bond acceptors (Lipinski definition) is 5. The topological polar surface area (TPSA) is 88.2 Å². The van der Waals surface area contributed by atoms with E-state index in [1.165, 1.54) is 11.3 Å². The molecular weight excluding hydrogens is 262 g/mol. The number of rotatable bonds is 4. The second kappa shape index (κ2) is 5.38. The van der Waals surface area contributed by atoms with Crippen molar-refractivity contribution in [1.82, 2.24) is 4.98 Å². The van der Waals surface area contributed by atoms with Crippen molar-refractivity contribution in [3.8, 4) is 0 Å². The summed E-state index contributed by atoms with van der Waals surface area (Å²) in [5, 5.41) is 14.4. The van der Waals surface area contributed by atoms with Crippen LogP contribution in [0.15, 0.2) is 23.6 Å². The molecule has 19 heavy (non-hydrogen) atoms. The molecule has 1 aromatic heterocycles. The van der Waals surface area contributed by atoms with Crippen LogP contribution >= 0.6 is 11.3 Å². The summed E-state index contributed by atoms with van der Waals surface area (Å²) in [4.78, 5) is 15.0. The Morgan fingerprint density at radius 2 is 2.05 bits per heavy atom. The third-order valence-corrected chi connectivity index (χ3v) is 3.60. The van der Waals surface area contributed by atoms with Crippen LogP contribution in [-0.4, -0.2) is 16.1 Å². The van der Waals surface area contributed by atoms with E-state index >= 15 is 0 Å². The third kappa shape index (κ3) is 2.91. The minimum atomic E-state index is -1.08. The molecule has 0 saturated carbocycles. The SMILES string of the molecule is Cc1cccc(C)c1Nc1nc(C(N)C(=O)O)cs1. The molecule has 0 fully saturated rings. The van der Waals surface area contributed by atoms with Crippen molar-refractivity contribution in [3.05, 3.63) is 40.4 Å². The zero-order chi connectivity index (χ0) is 14.0. The van der Waals surface area contributed by atoms with Gasteiger partial charge in [-0.3, -0.25) is 4.79 Å². The highest BCUT2D eigenvalue weighted by atomic mass is 32.1. The second-order valence-electron chi connectivity index (χ2n) is 4.29. The summed E-state index contributed by atoms with van der Waals surface area (Å²) in [5.74, 6) is -1.08. The first-order valence-corrected chi connectivity index (χ1v) is 6.64. The number of carboxylic acid groups (broad SMARTS) is 1. The summed E-state index contributed by atoms with van der Waals surface area (Å²) in [6.45, 7) is 4.01. The van der Waals surface area contributed by atoms with Gasteiger partial charge in [0.25, 0.3) is 0 Å². The average Bonchev–Trinajstić information content (AvgIpc) is 2.81. The van der Waals surface area contributed by atoms with E-state index in [-0.39, 0.29) is 0 Å². The van der Waals surface area contributed by atoms with Gasteiger partial charge in [0.1, 0.15) is 6.04 Å². The fourth-order valence-electron chi connectivity index (χ4n) is 1.73. The summed E-state index contributed by atoms with van der Waals surface area (Å²) in [6.07, 6.45) is 0. The predicted octanol–water partition coefficient (Wildman–Crippen LogP) is 2.59. The molecule has 0 spiro atoms. The van der Waals surface area contributed by atoms with Gasteiger partial charge in [-0.15, -0.1) is 11.3 Å². The molecule has 4 N–H and O–H groups in total. The van der Waals surface area contributed by atoms with Gasteiger partial charge < -0.3 is 16.2 Å². The first-order valence-electron chi connectivity index (χ1n) is 5.76. The number of nitrogens with two attached hydrogens (primary N) is 1. The number of hydrogen-bond donors (Lipinski definition) is 3. The van der Waals surface area contributed by atoms with E-state index in [1.807, 2.05) is 32.0 Å². The molecule has 0 saturated heterocycles. The largest absolute Gasteiger partial charge is 0.480 e. The fraction of sp³-hybridized carbons (Fsp3) is 0.231. The number of carbonyl (C=O) groups is 1. The van der Waals surface area contributed by atoms with Gasteiger partial charge in [0.15, 0.2) is 5.13 Å². The lowest BCUT2D eigenvalue weighted by atomic mass is 10.1. The van der Waals surface area contributed by atoms with Crippen molar-refractivity contribution in [2.75, 3.05) is 5.32 Å². The van der Waals surface area contributed by atoms with Gasteiger partial charge >= 0.3 is 5.97 Å². The fourth-order valence-corrected chi connectivity index (χ4v) is 2.48. The van der Waals surface area contributed by atoms with E-state index in [4.69, 9.17) is 10.8 Å². The van der Waals surface area contributed by atoms with E-state index in [1.54, 1.807) is 5.38 Å². The molecule has 2 aromatic rings. The number of nitrogens with zero attached hydrogens (tertiary/aromatic N) is 1. The first kappa shape index (κ1) is 13.5. The lowest BCUT2D eigenvalue weighted by molar-refractivity contribution is -0.138. The van der Waals surface area contributed by atoms with Crippen LogP contribution in [-0.2, 0) is 4.79 Å². The van der Waals surface area contributed by atoms with Crippen LogP contribution < -0.4 is 11.1 Å². The summed E-state index contributed by atoms with van der Waals surface area (Å²) >= 11 is 1.34. The highest BCUT2D eigenvalue weighted by Crippen LogP contribution is 2.27. The summed E-state index contributed by atoms with van der Waals surface area (Å²) in [5.41, 5.74) is 9.10. The standard InChI is InChI=1S/C13H15N3O2S/c1-7-4-3-5-8(2)11(7)16-13-15-9(6-19-13)10(14)12(17)18/h3-6,10H,14H2,1-2H3,(H,15,16)(H,17,18). The molecule has 0 amide bonds. The van der Waals surface area contributed by atoms with Crippen molar-refractivity contribution in [1.29, 1.82) is 0 Å². The molecule has 100 valence electrons. The molecule has 1 heterocycles. The highest BCUT2D eigenvalue weighted by molar-refractivity contribution is 7.13. The average molecular weight is 277 g/mol. The van der Waals surface area contributed by atoms with Crippen molar-refractivity contribution in [2.24, 2.45) is 5.73 Å². The Bertz CT molecular complexity index is 589. The molecule has 1 atom stereocenters. The van der Waals surface area contributed by atoms with E-state index < -0.39 is 12.0 Å². The van der Waals surface area contributed by atoms with Crippen LogP contribution in [0, 0.1) is 13.8 Å². The molecule has 0 radical (unpaired) electrons. The monoisotopic (exact) mass is 277 g/mol. The molecule has 0 aliphatic rings. The van der Waals surface area contributed by atoms with E-state index in [2.05, 4.69) is 10.3 Å². The minimum Gasteiger partial charge on any atom is -0.480 e. The van der Waals surface area contributed by atoms with E-state index in [0.717, 1.165) is 16.8 Å². The lowest BCUT2D eigenvalue weighted by Crippen LogP contribution is -2.20. The van der Waals surface area contributed by atoms with Crippen molar-refractivity contribution in [3.63, 3.8) is 0 Å². The van der Waals surface area contributed by atoms with Gasteiger partial charge in [-0.1, -0.05) is 18.2 Å². The van der Waals surface area contributed by atoms with Gasteiger partial charge in [-0.2, -0.15) is 0 Å². The molecule has 1 aromatic carbocycles. The van der Waals surface area contributed by atoms with Crippen molar-refractivity contribution < 1.29 is 9.90 Å². The van der Waals surface area contributed by atoms with Gasteiger partial charge in [0.05, 0.1) is 5.69 Å². The molecule has 5 nitrogen and oxygen atoms in total. The Morgan fingerprint density at radius 3 is 2.63 bits per heavy atom. The predicted molar refractivity (Wildman–Crippen MR) is 75.9 cm³/mol. The molecule has 1 unspecified atom stereocenters. The zero-order valence-electron chi connectivity index (χ0n) is 10.7. The van der Waals surface area contributed by atoms with Crippen LogP contribution in [0.4, 0.5) is 10.8 Å². The number of benzene rings is 1. The lowest BCUT2D eigenvalue weighted by Gasteiger charge is -2.10. The number of carboxylic acids is 1. The first-order chi connectivity index (χ1) is 8.99. The quantitative estimate of drug-likeness (QED) is 0.799. The van der Waals surface area contributed by atoms with Crippen LogP contribution in [0.5, 0.6) is 0 Å². The maximum atomic E-state index is 10.8. The summed E-state index contributed by atoms with van der Waals surface area (Å²) < 4.78 is 0. The number of anilines is 2. The Kier molecular flexibility index (Phi) is 3.82. The molecule has 0 aliphatic carbocycles. The highest BCUT2D eigenvalue weighted by Gasteiger charge is 2.18. The number of aryl methyl sites for hydroxylation is 2. The maximum absolute atomic E-state index is 10.8. The number of aliphatic carboxylic acids is 1. The number of para-hydroxylation sites is 1. The second-order valence-corrected chi connectivity index (χ2v) is 5.14. The normalized spacial score (nSPS) is 12.2. The van der Waals surface area contributed by atoms with Crippen LogP contribution in [0.25, 0.3) is 0 Å². The van der Waals surface area contributed by atoms with E-state index in [0.29, 0.717) is 10.8 Å². The van der Waals surface area contributed by atoms with Gasteiger partial charge in [0.2, 0.25) is 0 Å². The number of thiazole rings is 1. The smallest absolute Gasteiger partial charge is 0.326 e. The van der Waals surface area contributed by atoms with Crippen molar-refractivity contribution >= 4 is 28.1 Å². The van der Waals surface area contributed by atoms with E-state index in [9.17, 15) is 4.79 Å². The Labute approximate surface area is 115 Å². The summed E-state index contributed by atoms with van der Waals surface area (Å²) in [6, 6.07) is 4.92. The Hall–Kier alpha value is -1.92. The zero-order valence-corrected chi connectivity index (χ0v) is 11.5. The maximum Gasteiger partial charge on any atom is 0.326 e.